The number of pyridine rings is 1. The van der Waals surface area contributed by atoms with Gasteiger partial charge in [-0.3, -0.25) is 9.78 Å². The summed E-state index contributed by atoms with van der Waals surface area (Å²) in [7, 11) is 1.55. The summed E-state index contributed by atoms with van der Waals surface area (Å²) in [4.78, 5) is 37.2. The first-order valence-corrected chi connectivity index (χ1v) is 14.0. The molecule has 3 heterocycles. The number of aliphatic imine (C=N–C) groups is 1. The second-order valence-electron chi connectivity index (χ2n) is 9.32. The predicted octanol–water partition coefficient (Wildman–Crippen LogP) is 5.34. The number of carbonyl (C=O) groups is 2. The van der Waals surface area contributed by atoms with Gasteiger partial charge in [0.25, 0.3) is 0 Å². The number of aromatic nitrogens is 1. The van der Waals surface area contributed by atoms with Gasteiger partial charge in [-0.15, -0.1) is 0 Å². The van der Waals surface area contributed by atoms with Crippen LogP contribution < -0.4 is 10.1 Å². The number of fused-ring (bicyclic) bond motifs is 1. The molecule has 2 aliphatic rings. The summed E-state index contributed by atoms with van der Waals surface area (Å²) in [5.41, 5.74) is 3.38. The van der Waals surface area contributed by atoms with E-state index in [1.807, 2.05) is 77.0 Å². The van der Waals surface area contributed by atoms with E-state index in [4.69, 9.17) is 19.2 Å². The van der Waals surface area contributed by atoms with Gasteiger partial charge in [-0.25, -0.2) is 9.79 Å². The molecule has 1 unspecified atom stereocenters. The average Bonchev–Trinajstić information content (AvgIpc) is 3.38. The lowest BCUT2D eigenvalue weighted by Gasteiger charge is -2.36. The molecule has 1 amide bonds. The molecule has 10 heteroatoms. The van der Waals surface area contributed by atoms with Crippen LogP contribution in [0.4, 0.5) is 0 Å². The van der Waals surface area contributed by atoms with E-state index in [0.29, 0.717) is 34.5 Å². The number of nitrogens with zero attached hydrogens (tertiary/aromatic N) is 3. The summed E-state index contributed by atoms with van der Waals surface area (Å²) in [5.74, 6) is 0.676. The molecule has 0 spiro atoms. The van der Waals surface area contributed by atoms with Crippen LogP contribution in [0.5, 0.6) is 11.5 Å². The van der Waals surface area contributed by atoms with E-state index < -0.39 is 12.0 Å². The molecule has 1 atom stereocenters. The number of hydrogen-bond donors (Lipinski definition) is 1. The summed E-state index contributed by atoms with van der Waals surface area (Å²) in [5, 5.41) is 5.55. The van der Waals surface area contributed by atoms with Crippen molar-refractivity contribution in [3.8, 4) is 11.5 Å². The van der Waals surface area contributed by atoms with Gasteiger partial charge >= 0.3 is 5.97 Å². The van der Waals surface area contributed by atoms with Crippen LogP contribution in [-0.4, -0.2) is 47.3 Å². The van der Waals surface area contributed by atoms with Crippen LogP contribution in [-0.2, 0) is 25.6 Å². The first kappa shape index (κ1) is 28.1. The Morgan fingerprint density at radius 1 is 1.02 bits per heavy atom. The van der Waals surface area contributed by atoms with Gasteiger partial charge in [0.2, 0.25) is 5.91 Å². The number of amidine groups is 1. The highest BCUT2D eigenvalue weighted by molar-refractivity contribution is 8.16. The number of amides is 1. The Labute approximate surface area is 242 Å². The van der Waals surface area contributed by atoms with Gasteiger partial charge in [0.05, 0.1) is 30.3 Å². The van der Waals surface area contributed by atoms with Crippen molar-refractivity contribution in [3.05, 3.63) is 113 Å². The molecular formula is C31H30N4O5S. The fraction of sp³-hybridized carbons (Fsp3) is 0.226. The monoisotopic (exact) mass is 570 g/mol. The zero-order valence-electron chi connectivity index (χ0n) is 22.8. The van der Waals surface area contributed by atoms with Crippen LogP contribution in [0, 0.1) is 0 Å². The second kappa shape index (κ2) is 13.3. The normalized spacial score (nSPS) is 16.0. The van der Waals surface area contributed by atoms with Gasteiger partial charge in [0, 0.05) is 31.7 Å². The van der Waals surface area contributed by atoms with Crippen LogP contribution >= 0.6 is 11.8 Å². The Morgan fingerprint density at radius 3 is 2.63 bits per heavy atom. The highest BCUT2D eigenvalue weighted by atomic mass is 32.2. The molecule has 0 saturated heterocycles. The van der Waals surface area contributed by atoms with Gasteiger partial charge in [0.1, 0.15) is 18.1 Å². The second-order valence-corrected chi connectivity index (χ2v) is 10.2. The van der Waals surface area contributed by atoms with Crippen LogP contribution in [0.15, 0.2) is 106 Å². The van der Waals surface area contributed by atoms with Crippen molar-refractivity contribution in [1.29, 1.82) is 0 Å². The van der Waals surface area contributed by atoms with Crippen molar-refractivity contribution in [2.24, 2.45) is 4.99 Å². The highest BCUT2D eigenvalue weighted by Crippen LogP contribution is 2.45. The van der Waals surface area contributed by atoms with E-state index in [-0.39, 0.29) is 25.5 Å². The zero-order chi connectivity index (χ0) is 28.6. The number of nitrogens with one attached hydrogen (secondary N) is 1. The number of esters is 1. The van der Waals surface area contributed by atoms with Crippen molar-refractivity contribution in [1.82, 2.24) is 15.2 Å². The lowest BCUT2D eigenvalue weighted by atomic mass is 9.93. The molecule has 5 rings (SSSR count). The van der Waals surface area contributed by atoms with Crippen molar-refractivity contribution in [2.75, 3.05) is 20.3 Å². The largest absolute Gasteiger partial charge is 0.460 e. The quantitative estimate of drug-likeness (QED) is 0.243. The molecule has 1 N–H and O–H groups in total. The average molecular weight is 571 g/mol. The maximum atomic E-state index is 13.4. The number of rotatable bonds is 11. The van der Waals surface area contributed by atoms with Gasteiger partial charge in [-0.2, -0.15) is 0 Å². The molecule has 2 aliphatic heterocycles. The number of para-hydroxylation sites is 1. The highest BCUT2D eigenvalue weighted by Gasteiger charge is 2.41. The van der Waals surface area contributed by atoms with Crippen molar-refractivity contribution in [3.63, 3.8) is 0 Å². The smallest absolute Gasteiger partial charge is 0.338 e. The summed E-state index contributed by atoms with van der Waals surface area (Å²) in [6.07, 6.45) is 3.51. The Hall–Kier alpha value is -4.41. The molecule has 0 fully saturated rings. The lowest BCUT2D eigenvalue weighted by Crippen LogP contribution is -2.38. The number of thioether (sulfide) groups is 1. The number of ether oxygens (including phenoxy) is 3. The van der Waals surface area contributed by atoms with E-state index in [1.165, 1.54) is 11.8 Å². The third kappa shape index (κ3) is 6.85. The van der Waals surface area contributed by atoms with Crippen LogP contribution in [0.2, 0.25) is 0 Å². The first-order valence-electron chi connectivity index (χ1n) is 13.1. The molecule has 210 valence electrons. The fourth-order valence-corrected chi connectivity index (χ4v) is 5.51. The molecule has 0 bridgehead atoms. The minimum absolute atomic E-state index is 0.105. The van der Waals surface area contributed by atoms with E-state index in [0.717, 1.165) is 16.8 Å². The molecule has 9 nitrogen and oxygen atoms in total. The minimum Gasteiger partial charge on any atom is -0.460 e. The Morgan fingerprint density at radius 2 is 1.85 bits per heavy atom. The number of allylic oxidation sites excluding steroid dienone is 1. The molecule has 0 saturated carbocycles. The number of methoxy groups -OCH3 is 1. The minimum atomic E-state index is -0.579. The van der Waals surface area contributed by atoms with Gasteiger partial charge in [-0.1, -0.05) is 48.2 Å². The summed E-state index contributed by atoms with van der Waals surface area (Å²) in [6.45, 7) is 2.56. The molecule has 0 aliphatic carbocycles. The van der Waals surface area contributed by atoms with Crippen molar-refractivity contribution < 1.29 is 23.8 Å². The molecule has 3 aromatic rings. The zero-order valence-corrected chi connectivity index (χ0v) is 23.6. The maximum Gasteiger partial charge on any atom is 0.338 e. The SMILES string of the molecule is COCCOC(=O)C1=C(C)N=C2SC=C(CC(=O)NCc3cccnc3)N2C1c1cccc(Oc2ccccc2)c1. The van der Waals surface area contributed by atoms with Crippen molar-refractivity contribution in [2.45, 2.75) is 25.9 Å². The van der Waals surface area contributed by atoms with Crippen LogP contribution in [0.1, 0.15) is 30.5 Å². The standard InChI is InChI=1S/C31H30N4O5S/c1-21-28(30(37)39-15-14-38-2)29(23-9-6-12-26(16-23)40-25-10-4-3-5-11-25)35-24(20-41-31(35)34-21)17-27(36)33-19-22-8-7-13-32-18-22/h3-13,16,18,20,29H,14-15,17,19H2,1-2H3,(H,33,36). The van der Waals surface area contributed by atoms with Gasteiger partial charge < -0.3 is 24.4 Å². The Balaban J connectivity index is 1.44. The molecule has 1 aromatic heterocycles. The third-order valence-electron chi connectivity index (χ3n) is 6.45. The summed E-state index contributed by atoms with van der Waals surface area (Å²) in [6, 6.07) is 20.2. The fourth-order valence-electron chi connectivity index (χ4n) is 4.54. The van der Waals surface area contributed by atoms with E-state index in [9.17, 15) is 9.59 Å². The van der Waals surface area contributed by atoms with Crippen molar-refractivity contribution >= 4 is 28.8 Å². The van der Waals surface area contributed by atoms with Gasteiger partial charge in [0.15, 0.2) is 5.17 Å². The third-order valence-corrected chi connectivity index (χ3v) is 7.34. The number of hydrogen-bond acceptors (Lipinski definition) is 9. The summed E-state index contributed by atoms with van der Waals surface area (Å²) < 4.78 is 16.7. The van der Waals surface area contributed by atoms with E-state index in [1.54, 1.807) is 26.4 Å². The molecule has 2 aromatic carbocycles. The molecule has 41 heavy (non-hydrogen) atoms. The predicted molar refractivity (Wildman–Crippen MR) is 157 cm³/mol. The first-order chi connectivity index (χ1) is 20.0. The van der Waals surface area contributed by atoms with Crippen LogP contribution in [0.25, 0.3) is 0 Å². The number of benzene rings is 2. The lowest BCUT2D eigenvalue weighted by molar-refractivity contribution is -0.141. The number of carbonyl (C=O) groups excluding carboxylic acids is 2. The Bertz CT molecular complexity index is 1490. The topological polar surface area (TPSA) is 102 Å². The summed E-state index contributed by atoms with van der Waals surface area (Å²) >= 11 is 1.42. The van der Waals surface area contributed by atoms with E-state index >= 15 is 0 Å². The van der Waals surface area contributed by atoms with Crippen LogP contribution in [0.3, 0.4) is 0 Å². The molecule has 0 radical (unpaired) electrons. The molecular weight excluding hydrogens is 540 g/mol. The van der Waals surface area contributed by atoms with E-state index in [2.05, 4.69) is 10.3 Å². The maximum absolute atomic E-state index is 13.4. The Kier molecular flexibility index (Phi) is 9.12. The van der Waals surface area contributed by atoms with Gasteiger partial charge in [-0.05, 0) is 53.8 Å².